The van der Waals surface area contributed by atoms with Gasteiger partial charge >= 0.3 is 0 Å². The molecule has 4 atom stereocenters. The van der Waals surface area contributed by atoms with Crippen LogP contribution in [0.5, 0.6) is 0 Å². The number of benzene rings is 4. The summed E-state index contributed by atoms with van der Waals surface area (Å²) in [7, 11) is 0. The van der Waals surface area contributed by atoms with Crippen LogP contribution in [0, 0.1) is 29.1 Å². The van der Waals surface area contributed by atoms with Crippen LogP contribution in [0.2, 0.25) is 0 Å². The Morgan fingerprint density at radius 2 is 1.41 bits per heavy atom. The number of aromatic nitrogens is 1. The average molecular weight is 438 g/mol. The molecule has 1 aromatic heterocycles. The van der Waals surface area contributed by atoms with Crippen LogP contribution in [0.15, 0.2) is 72.8 Å². The maximum atomic E-state index is 3.80. The van der Waals surface area contributed by atoms with Gasteiger partial charge in [-0.2, -0.15) is 0 Å². The molecule has 5 aromatic rings. The summed E-state index contributed by atoms with van der Waals surface area (Å²) in [5.74, 6) is 3.70. The van der Waals surface area contributed by atoms with Crippen molar-refractivity contribution in [3.8, 4) is 11.1 Å². The van der Waals surface area contributed by atoms with Gasteiger partial charge in [0.1, 0.15) is 0 Å². The minimum Gasteiger partial charge on any atom is -0.354 e. The molecule has 10 rings (SSSR count). The Balaban J connectivity index is 1.35. The maximum absolute atomic E-state index is 3.80. The van der Waals surface area contributed by atoms with Gasteiger partial charge in [-0.25, -0.2) is 0 Å². The molecule has 164 valence electrons. The van der Waals surface area contributed by atoms with Crippen LogP contribution in [0.1, 0.15) is 43.2 Å². The van der Waals surface area contributed by atoms with Gasteiger partial charge in [0.25, 0.3) is 0 Å². The van der Waals surface area contributed by atoms with Gasteiger partial charge in [-0.05, 0) is 112 Å². The number of aromatic amines is 1. The van der Waals surface area contributed by atoms with Crippen LogP contribution in [0.4, 0.5) is 0 Å². The van der Waals surface area contributed by atoms with E-state index in [1.807, 2.05) is 0 Å². The first-order chi connectivity index (χ1) is 16.8. The molecule has 5 aliphatic carbocycles. The summed E-state index contributed by atoms with van der Waals surface area (Å²) in [5.41, 5.74) is 9.91. The maximum Gasteiger partial charge on any atom is 0.0471 e. The van der Waals surface area contributed by atoms with Crippen molar-refractivity contribution in [2.24, 2.45) is 29.1 Å². The summed E-state index contributed by atoms with van der Waals surface area (Å²) in [6.07, 6.45) is 7.52. The van der Waals surface area contributed by atoms with E-state index in [9.17, 15) is 0 Å². The number of hydrogen-bond acceptors (Lipinski definition) is 0. The Labute approximate surface area is 199 Å². The Bertz CT molecular complexity index is 1710. The van der Waals surface area contributed by atoms with E-state index in [1.165, 1.54) is 70.2 Å². The molecule has 5 aliphatic rings. The van der Waals surface area contributed by atoms with Crippen molar-refractivity contribution in [3.05, 3.63) is 83.9 Å². The zero-order valence-electron chi connectivity index (χ0n) is 19.3. The van der Waals surface area contributed by atoms with Crippen molar-refractivity contribution in [1.82, 2.24) is 4.98 Å². The Morgan fingerprint density at radius 1 is 0.676 bits per heavy atom. The summed E-state index contributed by atoms with van der Waals surface area (Å²) in [5, 5.41) is 5.50. The molecule has 1 heterocycles. The molecule has 0 amide bonds. The number of nitrogens with one attached hydrogen (secondary N) is 1. The molecule has 4 aromatic carbocycles. The fraction of sp³-hybridized carbons (Fsp3) is 0.333. The molecule has 1 nitrogen and oxygen atoms in total. The van der Waals surface area contributed by atoms with E-state index < -0.39 is 0 Å². The quantitative estimate of drug-likeness (QED) is 0.251. The normalized spacial score (nSPS) is 35.9. The second-order valence-electron chi connectivity index (χ2n) is 12.4. The van der Waals surface area contributed by atoms with Gasteiger partial charge in [0.2, 0.25) is 0 Å². The minimum atomic E-state index is 0.268. The molecule has 0 radical (unpaired) electrons. The van der Waals surface area contributed by atoms with Crippen molar-refractivity contribution in [1.29, 1.82) is 0 Å². The Kier molecular flexibility index (Phi) is 2.70. The van der Waals surface area contributed by atoms with Gasteiger partial charge < -0.3 is 4.98 Å². The molecule has 3 bridgehead atoms. The first-order valence-electron chi connectivity index (χ1n) is 13.3. The third kappa shape index (κ3) is 1.62. The second-order valence-corrected chi connectivity index (χ2v) is 12.4. The third-order valence-electron chi connectivity index (χ3n) is 11.3. The van der Waals surface area contributed by atoms with Crippen molar-refractivity contribution in [3.63, 3.8) is 0 Å². The van der Waals surface area contributed by atoms with E-state index >= 15 is 0 Å². The monoisotopic (exact) mass is 437 g/mol. The summed E-state index contributed by atoms with van der Waals surface area (Å²) in [6.45, 7) is 0. The highest BCUT2D eigenvalue weighted by Gasteiger charge is 2.79. The van der Waals surface area contributed by atoms with E-state index in [0.29, 0.717) is 5.41 Å². The molecule has 4 saturated carbocycles. The van der Waals surface area contributed by atoms with Crippen LogP contribution in [-0.4, -0.2) is 4.98 Å². The lowest BCUT2D eigenvalue weighted by Gasteiger charge is -2.64. The Morgan fingerprint density at radius 3 is 2.24 bits per heavy atom. The number of H-pyrrole nitrogens is 1. The minimum absolute atomic E-state index is 0.268. The molecule has 2 spiro atoms. The molecule has 0 saturated heterocycles. The van der Waals surface area contributed by atoms with Gasteiger partial charge in [0, 0.05) is 27.2 Å². The summed E-state index contributed by atoms with van der Waals surface area (Å²) >= 11 is 0. The lowest BCUT2D eigenvalue weighted by Crippen LogP contribution is -2.62. The predicted molar refractivity (Wildman–Crippen MR) is 139 cm³/mol. The number of hydrogen-bond donors (Lipinski definition) is 1. The Hall–Kier alpha value is -3.06. The highest BCUT2D eigenvalue weighted by atomic mass is 14.8. The van der Waals surface area contributed by atoms with E-state index in [0.717, 1.165) is 23.7 Å². The van der Waals surface area contributed by atoms with Crippen molar-refractivity contribution in [2.45, 2.75) is 37.5 Å². The van der Waals surface area contributed by atoms with E-state index in [1.54, 1.807) is 16.7 Å². The zero-order chi connectivity index (χ0) is 21.8. The van der Waals surface area contributed by atoms with Gasteiger partial charge in [0.15, 0.2) is 0 Å². The zero-order valence-corrected chi connectivity index (χ0v) is 19.3. The number of fused-ring (bicyclic) bond motifs is 14. The molecule has 4 fully saturated rings. The van der Waals surface area contributed by atoms with Gasteiger partial charge in [0.05, 0.1) is 0 Å². The van der Waals surface area contributed by atoms with Crippen LogP contribution >= 0.6 is 0 Å². The van der Waals surface area contributed by atoms with Crippen molar-refractivity contribution in [2.75, 3.05) is 0 Å². The highest BCUT2D eigenvalue weighted by Crippen LogP contribution is 2.85. The van der Waals surface area contributed by atoms with Gasteiger partial charge in [-0.3, -0.25) is 0 Å². The summed E-state index contributed by atoms with van der Waals surface area (Å²) in [6, 6.07) is 28.1. The molecule has 34 heavy (non-hydrogen) atoms. The molecule has 1 N–H and O–H groups in total. The van der Waals surface area contributed by atoms with Crippen LogP contribution in [0.25, 0.3) is 43.7 Å². The highest BCUT2D eigenvalue weighted by molar-refractivity contribution is 6.19. The van der Waals surface area contributed by atoms with Crippen molar-refractivity contribution < 1.29 is 0 Å². The standard InChI is InChI=1S/C33H27N/c1-2-6-21-15-27-23(14-20(21)5-1)31-26(34-27)10-9-25-30(31)22-7-3-4-8-24(22)33(25)28-12-18-11-19-13-29(33)32(28,16-18)17-19/h1-10,14-15,18-19,28-29,34H,11-13,16-17H2. The van der Waals surface area contributed by atoms with Gasteiger partial charge in [-0.15, -0.1) is 0 Å². The van der Waals surface area contributed by atoms with Gasteiger partial charge in [-0.1, -0.05) is 54.6 Å². The van der Waals surface area contributed by atoms with E-state index in [4.69, 9.17) is 0 Å². The lowest BCUT2D eigenvalue weighted by molar-refractivity contribution is -0.0820. The average Bonchev–Trinajstić information content (AvgIpc) is 3.51. The fourth-order valence-electron chi connectivity index (χ4n) is 10.8. The summed E-state index contributed by atoms with van der Waals surface area (Å²) in [4.78, 5) is 3.80. The topological polar surface area (TPSA) is 15.8 Å². The third-order valence-corrected chi connectivity index (χ3v) is 11.3. The molecular weight excluding hydrogens is 410 g/mol. The predicted octanol–water partition coefficient (Wildman–Crippen LogP) is 8.20. The smallest absolute Gasteiger partial charge is 0.0471 e. The fourth-order valence-corrected chi connectivity index (χ4v) is 10.8. The SMILES string of the molecule is c1ccc2c(c1)-c1c(ccc3[nH]c4cc5ccccc5cc4c13)C21C2CC3CC4CC1C2(C3)C4. The molecular formula is C33H27N. The first kappa shape index (κ1) is 17.4. The van der Waals surface area contributed by atoms with E-state index in [2.05, 4.69) is 77.8 Å². The van der Waals surface area contributed by atoms with Crippen molar-refractivity contribution >= 4 is 32.6 Å². The second kappa shape index (κ2) is 5.28. The van der Waals surface area contributed by atoms with Crippen LogP contribution in [-0.2, 0) is 5.41 Å². The first-order valence-corrected chi connectivity index (χ1v) is 13.3. The number of rotatable bonds is 0. The lowest BCUT2D eigenvalue weighted by atomic mass is 9.38. The largest absolute Gasteiger partial charge is 0.354 e. The summed E-state index contributed by atoms with van der Waals surface area (Å²) < 4.78 is 0. The van der Waals surface area contributed by atoms with E-state index in [-0.39, 0.29) is 5.41 Å². The van der Waals surface area contributed by atoms with Crippen LogP contribution in [0.3, 0.4) is 0 Å². The molecule has 1 heteroatoms. The molecule has 4 unspecified atom stereocenters. The molecule has 0 aliphatic heterocycles. The van der Waals surface area contributed by atoms with Crippen LogP contribution < -0.4 is 0 Å².